The molecule has 2 unspecified atom stereocenters. The van der Waals surface area contributed by atoms with Gasteiger partial charge in [-0.05, 0) is 44.1 Å². The third-order valence-electron chi connectivity index (χ3n) is 4.83. The Labute approximate surface area is 171 Å². The highest BCUT2D eigenvalue weighted by Crippen LogP contribution is 2.24. The van der Waals surface area contributed by atoms with Crippen LogP contribution in [0.2, 0.25) is 0 Å². The van der Waals surface area contributed by atoms with Crippen molar-refractivity contribution in [3.8, 4) is 5.75 Å². The quantitative estimate of drug-likeness (QED) is 0.570. The SMILES string of the molecule is CN(C)CC(COc1ccccc1CCc1ccccc1)C(CC(=O)O)C(=O)O. The highest BCUT2D eigenvalue weighted by Gasteiger charge is 2.31. The van der Waals surface area contributed by atoms with Crippen LogP contribution in [-0.2, 0) is 22.4 Å². The summed E-state index contributed by atoms with van der Waals surface area (Å²) in [5, 5.41) is 18.6. The molecule has 0 amide bonds. The van der Waals surface area contributed by atoms with E-state index in [2.05, 4.69) is 12.1 Å². The van der Waals surface area contributed by atoms with Gasteiger partial charge in [-0.1, -0.05) is 48.5 Å². The third kappa shape index (κ3) is 7.58. The maximum atomic E-state index is 11.7. The number of carboxylic acids is 2. The summed E-state index contributed by atoms with van der Waals surface area (Å²) in [4.78, 5) is 24.6. The second-order valence-corrected chi connectivity index (χ2v) is 7.47. The molecule has 29 heavy (non-hydrogen) atoms. The largest absolute Gasteiger partial charge is 0.493 e. The summed E-state index contributed by atoms with van der Waals surface area (Å²) in [6, 6.07) is 17.9. The minimum atomic E-state index is -1.12. The van der Waals surface area contributed by atoms with E-state index >= 15 is 0 Å². The molecule has 156 valence electrons. The predicted molar refractivity (Wildman–Crippen MR) is 111 cm³/mol. The van der Waals surface area contributed by atoms with E-state index in [4.69, 9.17) is 9.84 Å². The molecule has 0 heterocycles. The molecular formula is C23H29NO5. The number of rotatable bonds is 12. The zero-order valence-corrected chi connectivity index (χ0v) is 17.0. The lowest BCUT2D eigenvalue weighted by molar-refractivity contribution is -0.151. The van der Waals surface area contributed by atoms with Crippen molar-refractivity contribution in [2.75, 3.05) is 27.2 Å². The van der Waals surface area contributed by atoms with Gasteiger partial charge in [0.25, 0.3) is 0 Å². The maximum Gasteiger partial charge on any atom is 0.307 e. The number of nitrogens with zero attached hydrogens (tertiary/aromatic N) is 1. The summed E-state index contributed by atoms with van der Waals surface area (Å²) in [5.74, 6) is -2.97. The topological polar surface area (TPSA) is 87.1 Å². The lowest BCUT2D eigenvalue weighted by Crippen LogP contribution is -2.37. The fourth-order valence-electron chi connectivity index (χ4n) is 3.38. The lowest BCUT2D eigenvalue weighted by Gasteiger charge is -2.26. The fourth-order valence-corrected chi connectivity index (χ4v) is 3.38. The van der Waals surface area contributed by atoms with Crippen LogP contribution in [-0.4, -0.2) is 54.3 Å². The number of hydrogen-bond donors (Lipinski definition) is 2. The smallest absolute Gasteiger partial charge is 0.307 e. The lowest BCUT2D eigenvalue weighted by atomic mass is 9.89. The van der Waals surface area contributed by atoms with Crippen LogP contribution in [0, 0.1) is 11.8 Å². The average Bonchev–Trinajstić information content (AvgIpc) is 2.68. The number of carbonyl (C=O) groups is 2. The molecule has 2 aromatic carbocycles. The molecule has 2 atom stereocenters. The Balaban J connectivity index is 2.09. The number of para-hydroxylation sites is 1. The van der Waals surface area contributed by atoms with E-state index in [9.17, 15) is 14.7 Å². The van der Waals surface area contributed by atoms with Crippen molar-refractivity contribution in [2.45, 2.75) is 19.3 Å². The molecule has 0 bridgehead atoms. The van der Waals surface area contributed by atoms with Gasteiger partial charge in [0.05, 0.1) is 18.9 Å². The van der Waals surface area contributed by atoms with Crippen LogP contribution in [0.1, 0.15) is 17.5 Å². The monoisotopic (exact) mass is 399 g/mol. The summed E-state index contributed by atoms with van der Waals surface area (Å²) in [5.41, 5.74) is 2.28. The first-order chi connectivity index (χ1) is 13.9. The maximum absolute atomic E-state index is 11.7. The Morgan fingerprint density at radius 1 is 0.966 bits per heavy atom. The summed E-state index contributed by atoms with van der Waals surface area (Å²) < 4.78 is 6.02. The molecule has 6 nitrogen and oxygen atoms in total. The molecule has 0 fully saturated rings. The molecule has 0 aliphatic rings. The predicted octanol–water partition coefficient (Wildman–Crippen LogP) is 3.20. The molecule has 6 heteroatoms. The zero-order chi connectivity index (χ0) is 21.2. The van der Waals surface area contributed by atoms with Crippen LogP contribution in [0.3, 0.4) is 0 Å². The molecule has 0 spiro atoms. The van der Waals surface area contributed by atoms with E-state index in [1.165, 1.54) is 5.56 Å². The van der Waals surface area contributed by atoms with Gasteiger partial charge in [0.15, 0.2) is 0 Å². The summed E-state index contributed by atoms with van der Waals surface area (Å²) in [6.45, 7) is 0.571. The highest BCUT2D eigenvalue weighted by molar-refractivity contribution is 5.78. The van der Waals surface area contributed by atoms with E-state index in [0.717, 1.165) is 18.4 Å². The number of ether oxygens (including phenoxy) is 1. The van der Waals surface area contributed by atoms with E-state index < -0.39 is 30.2 Å². The molecule has 2 rings (SSSR count). The minimum Gasteiger partial charge on any atom is -0.493 e. The standard InChI is InChI=1S/C23H29NO5/c1-24(2)15-19(20(23(27)28)14-22(25)26)16-29-21-11-7-6-10-18(21)13-12-17-8-4-3-5-9-17/h3-11,19-20H,12-16H2,1-2H3,(H,25,26)(H,27,28). The van der Waals surface area contributed by atoms with Crippen LogP contribution in [0.4, 0.5) is 0 Å². The molecule has 0 saturated carbocycles. The van der Waals surface area contributed by atoms with Crippen molar-refractivity contribution in [3.63, 3.8) is 0 Å². The van der Waals surface area contributed by atoms with Gasteiger partial charge in [0, 0.05) is 12.5 Å². The van der Waals surface area contributed by atoms with Crippen molar-refractivity contribution in [2.24, 2.45) is 11.8 Å². The second-order valence-electron chi connectivity index (χ2n) is 7.47. The number of hydrogen-bond acceptors (Lipinski definition) is 4. The van der Waals surface area contributed by atoms with Crippen LogP contribution >= 0.6 is 0 Å². The zero-order valence-electron chi connectivity index (χ0n) is 17.0. The Hall–Kier alpha value is -2.86. The molecule has 0 saturated heterocycles. The van der Waals surface area contributed by atoms with Crippen molar-refractivity contribution in [1.82, 2.24) is 4.90 Å². The van der Waals surface area contributed by atoms with Crippen molar-refractivity contribution >= 4 is 11.9 Å². The van der Waals surface area contributed by atoms with Gasteiger partial charge in [-0.25, -0.2) is 0 Å². The van der Waals surface area contributed by atoms with Crippen LogP contribution < -0.4 is 4.74 Å². The summed E-state index contributed by atoms with van der Waals surface area (Å²) in [6.07, 6.45) is 1.25. The molecule has 2 N–H and O–H groups in total. The number of carboxylic acid groups (broad SMARTS) is 2. The average molecular weight is 399 g/mol. The van der Waals surface area contributed by atoms with Gasteiger partial charge in [0.2, 0.25) is 0 Å². The van der Waals surface area contributed by atoms with Gasteiger partial charge in [-0.3, -0.25) is 9.59 Å². The molecular weight excluding hydrogens is 370 g/mol. The van der Waals surface area contributed by atoms with Crippen molar-refractivity contribution in [1.29, 1.82) is 0 Å². The van der Waals surface area contributed by atoms with Crippen LogP contribution in [0.25, 0.3) is 0 Å². The van der Waals surface area contributed by atoms with Crippen molar-refractivity contribution in [3.05, 3.63) is 65.7 Å². The number of aliphatic carboxylic acids is 2. The fraction of sp³-hybridized carbons (Fsp3) is 0.391. The summed E-state index contributed by atoms with van der Waals surface area (Å²) in [7, 11) is 3.67. The Bertz CT molecular complexity index is 791. The first kappa shape index (κ1) is 22.4. The Kier molecular flexibility index (Phi) is 8.68. The number of aryl methyl sites for hydroxylation is 2. The molecule has 2 aromatic rings. The van der Waals surface area contributed by atoms with Crippen LogP contribution in [0.15, 0.2) is 54.6 Å². The normalized spacial score (nSPS) is 13.1. The van der Waals surface area contributed by atoms with E-state index in [-0.39, 0.29) is 6.61 Å². The second kappa shape index (κ2) is 11.2. The van der Waals surface area contributed by atoms with Crippen LogP contribution in [0.5, 0.6) is 5.75 Å². The van der Waals surface area contributed by atoms with E-state index in [1.54, 1.807) is 0 Å². The van der Waals surface area contributed by atoms with Gasteiger partial charge in [-0.15, -0.1) is 0 Å². The van der Waals surface area contributed by atoms with Gasteiger partial charge in [0.1, 0.15) is 5.75 Å². The highest BCUT2D eigenvalue weighted by atomic mass is 16.5. The Morgan fingerprint density at radius 2 is 1.62 bits per heavy atom. The molecule has 0 aliphatic heterocycles. The van der Waals surface area contributed by atoms with Gasteiger partial charge < -0.3 is 19.8 Å². The molecule has 0 radical (unpaired) electrons. The van der Waals surface area contributed by atoms with E-state index in [1.807, 2.05) is 61.5 Å². The summed E-state index contributed by atoms with van der Waals surface area (Å²) >= 11 is 0. The first-order valence-electron chi connectivity index (χ1n) is 9.70. The molecule has 0 aliphatic carbocycles. The Morgan fingerprint density at radius 3 is 2.24 bits per heavy atom. The van der Waals surface area contributed by atoms with Gasteiger partial charge >= 0.3 is 11.9 Å². The molecule has 0 aromatic heterocycles. The van der Waals surface area contributed by atoms with E-state index in [0.29, 0.717) is 12.3 Å². The minimum absolute atomic E-state index is 0.144. The van der Waals surface area contributed by atoms with Gasteiger partial charge in [-0.2, -0.15) is 0 Å². The van der Waals surface area contributed by atoms with Crippen molar-refractivity contribution < 1.29 is 24.5 Å². The number of benzene rings is 2. The third-order valence-corrected chi connectivity index (χ3v) is 4.83. The first-order valence-corrected chi connectivity index (χ1v) is 9.70.